The first-order chi connectivity index (χ1) is 39.4. The van der Waals surface area contributed by atoms with Gasteiger partial charge in [-0.1, -0.05) is 97.1 Å². The summed E-state index contributed by atoms with van der Waals surface area (Å²) < 4.78 is 23.2. The number of hydrogen-bond donors (Lipinski definition) is 0. The Hall–Kier alpha value is -10.7. The molecule has 0 saturated carbocycles. The Labute approximate surface area is 455 Å². The molecule has 16 bridgehead atoms. The van der Waals surface area contributed by atoms with Gasteiger partial charge in [0.15, 0.2) is 23.0 Å². The summed E-state index contributed by atoms with van der Waals surface area (Å²) in [5.41, 5.74) is 3.11. The maximum absolute atomic E-state index is 5.79. The van der Waals surface area contributed by atoms with Crippen LogP contribution in [-0.2, 0) is 0 Å². The second-order valence-corrected chi connectivity index (χ2v) is 19.1. The molecule has 12 aromatic rings. The maximum atomic E-state index is 5.79. The van der Waals surface area contributed by atoms with Gasteiger partial charge in [-0.05, 0) is 139 Å². The van der Waals surface area contributed by atoms with E-state index in [1.807, 2.05) is 97.1 Å². The summed E-state index contributed by atoms with van der Waals surface area (Å²) in [5, 5.41) is 17.6. The van der Waals surface area contributed by atoms with Crippen LogP contribution in [0.25, 0.3) is 68.4 Å². The highest BCUT2D eigenvalue weighted by Gasteiger charge is 2.09. The van der Waals surface area contributed by atoms with Crippen LogP contribution < -0.4 is 61.8 Å². The van der Waals surface area contributed by atoms with Gasteiger partial charge in [-0.3, -0.25) is 20.0 Å². The predicted octanol–water partition coefficient (Wildman–Crippen LogP) is 7.61. The van der Waals surface area contributed by atoms with Gasteiger partial charge in [0.05, 0.1) is 118 Å². The Morgan fingerprint density at radius 1 is 0.237 bits per heavy atom. The van der Waals surface area contributed by atoms with Crippen molar-refractivity contribution in [3.8, 4) is 23.0 Å². The van der Waals surface area contributed by atoms with Crippen molar-refractivity contribution in [1.29, 1.82) is 0 Å². The van der Waals surface area contributed by atoms with E-state index in [2.05, 4.69) is 97.1 Å². The van der Waals surface area contributed by atoms with Crippen LogP contribution in [0.1, 0.15) is 0 Å². The SMILES string of the molecule is COc1cc2c(cc1OC)=c1ccc(cc1)=NC=c1ccc3ccc4ccc(nc4c3n1)=CN=c1ccc(cc1)=c1cc(OC)c(OC)cc1=c1ccc(cc1)=NC=c1ccc3ccc4ccc(nc4c3n1)=CN=c1ccc=2cc1. The van der Waals surface area contributed by atoms with Crippen molar-refractivity contribution in [3.05, 3.63) is 279 Å². The second kappa shape index (κ2) is 21.0. The van der Waals surface area contributed by atoms with Gasteiger partial charge >= 0.3 is 0 Å². The highest BCUT2D eigenvalue weighted by molar-refractivity contribution is 6.03. The second-order valence-electron chi connectivity index (χ2n) is 19.1. The van der Waals surface area contributed by atoms with Crippen molar-refractivity contribution < 1.29 is 18.9 Å². The summed E-state index contributed by atoms with van der Waals surface area (Å²) >= 11 is 0. The first-order valence-corrected chi connectivity index (χ1v) is 25.9. The number of benzene rings is 8. The molecule has 80 heavy (non-hydrogen) atoms. The third-order valence-corrected chi connectivity index (χ3v) is 14.3. The lowest BCUT2D eigenvalue weighted by molar-refractivity contribution is 0.354. The summed E-state index contributed by atoms with van der Waals surface area (Å²) in [6.45, 7) is 0. The standard InChI is InChI=1S/C68H48N8O4/c1-77-61-33-57-41-9-21-49(22-10-41)69-37-53-29-17-45-5-6-47-19-31-55(75-66(47)65(45)73-53)39-71-51-25-13-43(14-26-51)59-35-63(79-3)64(80-4)36-60(59)44-15-27-52(28-16-44)72-40-56-32-20-48-8-7-46-18-30-54(74-67(46)68(48)76-56)38-70-50-23-11-42(12-24-50)58(57)34-62(61)78-2/h5-40H,1-4H3. The molecule has 0 atom stereocenters. The number of rotatable bonds is 4. The van der Waals surface area contributed by atoms with Crippen molar-refractivity contribution in [2.75, 3.05) is 28.4 Å². The lowest BCUT2D eigenvalue weighted by Crippen LogP contribution is -2.10. The van der Waals surface area contributed by atoms with Gasteiger partial charge in [0.2, 0.25) is 0 Å². The van der Waals surface area contributed by atoms with E-state index < -0.39 is 0 Å². The van der Waals surface area contributed by atoms with Crippen LogP contribution >= 0.6 is 0 Å². The normalized spacial score (nSPS) is 12.1. The highest BCUT2D eigenvalue weighted by atomic mass is 16.5. The van der Waals surface area contributed by atoms with E-state index in [4.69, 9.17) is 58.9 Å². The van der Waals surface area contributed by atoms with Gasteiger partial charge in [0.25, 0.3) is 0 Å². The monoisotopic (exact) mass is 1040 g/mol. The van der Waals surface area contributed by atoms with Crippen molar-refractivity contribution in [2.45, 2.75) is 0 Å². The zero-order chi connectivity index (χ0) is 54.1. The summed E-state index contributed by atoms with van der Waals surface area (Å²) in [6.07, 6.45) is 7.14. The molecule has 0 saturated heterocycles. The van der Waals surface area contributed by atoms with Gasteiger partial charge in [-0.15, -0.1) is 0 Å². The number of ether oxygens (including phenoxy) is 4. The number of pyridine rings is 4. The van der Waals surface area contributed by atoms with Crippen molar-refractivity contribution in [3.63, 3.8) is 0 Å². The van der Waals surface area contributed by atoms with Crippen molar-refractivity contribution in [2.24, 2.45) is 20.0 Å². The fourth-order valence-corrected chi connectivity index (χ4v) is 10.1. The minimum Gasteiger partial charge on any atom is -0.493 e. The van der Waals surface area contributed by atoms with Crippen LogP contribution in [0.2, 0.25) is 0 Å². The fourth-order valence-electron chi connectivity index (χ4n) is 10.1. The lowest BCUT2D eigenvalue weighted by Gasteiger charge is -2.08. The van der Waals surface area contributed by atoms with E-state index in [9.17, 15) is 0 Å². The third kappa shape index (κ3) is 9.62. The fraction of sp³-hybridized carbons (Fsp3) is 0.0588. The quantitative estimate of drug-likeness (QED) is 0.165. The van der Waals surface area contributed by atoms with Crippen molar-refractivity contribution >= 4 is 68.4 Å². The van der Waals surface area contributed by atoms with Crippen LogP contribution in [-0.4, -0.2) is 48.4 Å². The van der Waals surface area contributed by atoms with E-state index in [0.29, 0.717) is 44.4 Å². The summed E-state index contributed by atoms with van der Waals surface area (Å²) in [6, 6.07) is 64.9. The molecule has 11 heterocycles. The lowest BCUT2D eigenvalue weighted by atomic mass is 10.1. The van der Waals surface area contributed by atoms with Crippen LogP contribution in [0.3, 0.4) is 0 Å². The number of aromatic nitrogens is 4. The molecule has 19 rings (SSSR count). The number of hydrogen-bond acceptors (Lipinski definition) is 12. The van der Waals surface area contributed by atoms with Gasteiger partial charge in [0, 0.05) is 21.5 Å². The summed E-state index contributed by atoms with van der Waals surface area (Å²) in [7, 11) is 6.58. The minimum absolute atomic E-state index is 0.625. The average Bonchev–Trinajstić information content (AvgIpc) is 3.52. The molecule has 0 fully saturated rings. The molecule has 0 aliphatic carbocycles. The Morgan fingerprint density at radius 2 is 0.438 bits per heavy atom. The molecule has 12 nitrogen and oxygen atoms in total. The van der Waals surface area contributed by atoms with E-state index in [0.717, 1.165) is 107 Å². The molecule has 4 aromatic heterocycles. The van der Waals surface area contributed by atoms with Crippen LogP contribution in [0.15, 0.2) is 214 Å². The van der Waals surface area contributed by atoms with E-state index in [1.165, 1.54) is 0 Å². The summed E-state index contributed by atoms with van der Waals surface area (Å²) in [5.74, 6) is 2.50. The molecule has 384 valence electrons. The van der Waals surface area contributed by atoms with E-state index in [1.54, 1.807) is 53.2 Å². The largest absolute Gasteiger partial charge is 0.493 e. The molecule has 0 unspecified atom stereocenters. The maximum Gasteiger partial charge on any atom is 0.161 e. The zero-order valence-electron chi connectivity index (χ0n) is 44.0. The van der Waals surface area contributed by atoms with Gasteiger partial charge in [-0.25, -0.2) is 19.9 Å². The average molecular weight is 1040 g/mol. The van der Waals surface area contributed by atoms with E-state index in [-0.39, 0.29) is 0 Å². The molecule has 8 aromatic carbocycles. The topological polar surface area (TPSA) is 138 Å². The van der Waals surface area contributed by atoms with Crippen molar-refractivity contribution in [1.82, 2.24) is 19.9 Å². The van der Waals surface area contributed by atoms with Gasteiger partial charge < -0.3 is 18.9 Å². The molecule has 7 aliphatic heterocycles. The Morgan fingerprint density at radius 3 is 0.637 bits per heavy atom. The Bertz CT molecular complexity index is 4760. The zero-order valence-corrected chi connectivity index (χ0v) is 44.0. The molecule has 12 heteroatoms. The first-order valence-electron chi connectivity index (χ1n) is 25.9. The molecule has 0 spiro atoms. The van der Waals surface area contributed by atoms with E-state index >= 15 is 0 Å². The first kappa shape index (κ1) is 48.9. The van der Waals surface area contributed by atoms with Crippen LogP contribution in [0.5, 0.6) is 23.0 Å². The Balaban J connectivity index is 1.02. The molecule has 0 amide bonds. The number of methoxy groups -OCH3 is 4. The smallest absolute Gasteiger partial charge is 0.161 e. The minimum atomic E-state index is 0.625. The molecule has 0 N–H and O–H groups in total. The summed E-state index contributed by atoms with van der Waals surface area (Å²) in [4.78, 5) is 39.7. The molecular weight excluding hydrogens is 993 g/mol. The third-order valence-electron chi connectivity index (χ3n) is 14.3. The van der Waals surface area contributed by atoms with Crippen LogP contribution in [0.4, 0.5) is 0 Å². The molecular formula is C68H48N8O4. The Kier molecular flexibility index (Phi) is 12.8. The van der Waals surface area contributed by atoms with Crippen LogP contribution in [0, 0.1) is 41.7 Å². The van der Waals surface area contributed by atoms with Gasteiger partial charge in [0.1, 0.15) is 0 Å². The molecule has 7 aliphatic rings. The number of nitrogens with zero attached hydrogens (tertiary/aromatic N) is 8. The predicted molar refractivity (Wildman–Crippen MR) is 311 cm³/mol. The highest BCUT2D eigenvalue weighted by Crippen LogP contribution is 2.29. The van der Waals surface area contributed by atoms with Gasteiger partial charge in [-0.2, -0.15) is 0 Å². The molecule has 0 radical (unpaired) electrons.